The van der Waals surface area contributed by atoms with Crippen LogP contribution in [0.5, 0.6) is 5.75 Å². The molecular formula is C17H22ClNO. The Kier molecular flexibility index (Phi) is 7.59. The average Bonchev–Trinajstić information content (AvgIpc) is 2.40. The van der Waals surface area contributed by atoms with Crippen LogP contribution in [0.25, 0.3) is 0 Å². The van der Waals surface area contributed by atoms with Crippen molar-refractivity contribution in [3.8, 4) is 5.75 Å². The molecule has 2 rings (SSSR count). The van der Waals surface area contributed by atoms with Crippen LogP contribution >= 0.6 is 11.6 Å². The highest BCUT2D eigenvalue weighted by molar-refractivity contribution is 6.30. The topological polar surface area (TPSA) is 35.2 Å². The van der Waals surface area contributed by atoms with Gasteiger partial charge in [0.1, 0.15) is 5.75 Å². The van der Waals surface area contributed by atoms with Gasteiger partial charge in [-0.2, -0.15) is 0 Å². The van der Waals surface area contributed by atoms with E-state index in [1.165, 1.54) is 11.1 Å². The standard InChI is InChI=1S/C14H16ClNO.C3H6/c15-13-6-5-12-4-3-11(2-1-8-16)7-9-17-14(12)10-13;1-3-2/h1-2,5-6,8,10H,3-4,7,9,16H2;3H,1H2,2H3/b8-1-,11-2+;. The smallest absolute Gasteiger partial charge is 0.123 e. The normalized spacial score (nSPS) is 16.4. The second-order valence-corrected chi connectivity index (χ2v) is 4.91. The molecule has 0 bridgehead atoms. The molecule has 1 aliphatic rings. The summed E-state index contributed by atoms with van der Waals surface area (Å²) in [5.41, 5.74) is 7.92. The zero-order valence-corrected chi connectivity index (χ0v) is 12.7. The van der Waals surface area contributed by atoms with E-state index in [1.54, 1.807) is 12.3 Å². The lowest BCUT2D eigenvalue weighted by Gasteiger charge is -2.17. The molecule has 20 heavy (non-hydrogen) atoms. The third-order valence-corrected chi connectivity index (χ3v) is 3.10. The van der Waals surface area contributed by atoms with Gasteiger partial charge < -0.3 is 10.5 Å². The molecule has 0 spiro atoms. The van der Waals surface area contributed by atoms with Crippen molar-refractivity contribution in [3.63, 3.8) is 0 Å². The molecule has 2 N–H and O–H groups in total. The lowest BCUT2D eigenvalue weighted by atomic mass is 10.00. The van der Waals surface area contributed by atoms with Crippen molar-refractivity contribution < 1.29 is 4.74 Å². The van der Waals surface area contributed by atoms with Gasteiger partial charge >= 0.3 is 0 Å². The maximum absolute atomic E-state index is 5.95. The minimum atomic E-state index is 0.692. The number of hydrogen-bond acceptors (Lipinski definition) is 2. The number of aryl methyl sites for hydroxylation is 1. The molecule has 1 aromatic rings. The summed E-state index contributed by atoms with van der Waals surface area (Å²) in [5.74, 6) is 0.922. The molecule has 1 aromatic carbocycles. The predicted molar refractivity (Wildman–Crippen MR) is 87.2 cm³/mol. The summed E-state index contributed by atoms with van der Waals surface area (Å²) in [4.78, 5) is 0. The van der Waals surface area contributed by atoms with Gasteiger partial charge in [-0.15, -0.1) is 6.58 Å². The molecule has 108 valence electrons. The Labute approximate surface area is 126 Å². The summed E-state index contributed by atoms with van der Waals surface area (Å²) in [5, 5.41) is 0.728. The highest BCUT2D eigenvalue weighted by Crippen LogP contribution is 2.28. The van der Waals surface area contributed by atoms with E-state index in [4.69, 9.17) is 22.1 Å². The van der Waals surface area contributed by atoms with E-state index in [1.807, 2.05) is 31.2 Å². The van der Waals surface area contributed by atoms with Gasteiger partial charge in [0, 0.05) is 11.4 Å². The highest BCUT2D eigenvalue weighted by atomic mass is 35.5. The largest absolute Gasteiger partial charge is 0.493 e. The molecule has 0 radical (unpaired) electrons. The van der Waals surface area contributed by atoms with Crippen LogP contribution in [-0.2, 0) is 6.42 Å². The number of benzene rings is 1. The van der Waals surface area contributed by atoms with Crippen molar-refractivity contribution in [3.05, 3.63) is 65.4 Å². The molecule has 0 amide bonds. The minimum Gasteiger partial charge on any atom is -0.493 e. The maximum atomic E-state index is 5.95. The first-order valence-corrected chi connectivity index (χ1v) is 7.13. The van der Waals surface area contributed by atoms with Crippen LogP contribution in [0.1, 0.15) is 25.3 Å². The minimum absolute atomic E-state index is 0.692. The van der Waals surface area contributed by atoms with Crippen LogP contribution in [0.4, 0.5) is 0 Å². The number of fused-ring (bicyclic) bond motifs is 1. The summed E-state index contributed by atoms with van der Waals surface area (Å²) >= 11 is 5.95. The Balaban J connectivity index is 0.000000612. The molecule has 0 saturated heterocycles. The van der Waals surface area contributed by atoms with Crippen molar-refractivity contribution >= 4 is 11.6 Å². The Morgan fingerprint density at radius 3 is 2.75 bits per heavy atom. The Bertz CT molecular complexity index is 492. The zero-order valence-electron chi connectivity index (χ0n) is 11.9. The molecule has 1 heterocycles. The van der Waals surface area contributed by atoms with E-state index >= 15 is 0 Å². The molecule has 0 aromatic heterocycles. The number of allylic oxidation sites excluding steroid dienone is 3. The number of rotatable bonds is 1. The van der Waals surface area contributed by atoms with Gasteiger partial charge in [-0.25, -0.2) is 0 Å². The fraction of sp³-hybridized carbons (Fsp3) is 0.294. The van der Waals surface area contributed by atoms with Crippen molar-refractivity contribution in [2.45, 2.75) is 26.2 Å². The van der Waals surface area contributed by atoms with Crippen LogP contribution in [0.3, 0.4) is 0 Å². The van der Waals surface area contributed by atoms with E-state index in [0.717, 1.165) is 30.0 Å². The summed E-state index contributed by atoms with van der Waals surface area (Å²) in [6.45, 7) is 5.94. The van der Waals surface area contributed by atoms with E-state index in [9.17, 15) is 0 Å². The molecule has 3 heteroatoms. The van der Waals surface area contributed by atoms with Gasteiger partial charge in [0.15, 0.2) is 0 Å². The first kappa shape index (κ1) is 16.4. The van der Waals surface area contributed by atoms with Crippen molar-refractivity contribution in [1.82, 2.24) is 0 Å². The van der Waals surface area contributed by atoms with Gasteiger partial charge in [0.2, 0.25) is 0 Å². The molecule has 0 fully saturated rings. The van der Waals surface area contributed by atoms with Crippen LogP contribution in [0.2, 0.25) is 5.02 Å². The van der Waals surface area contributed by atoms with Crippen LogP contribution in [0.15, 0.2) is 54.8 Å². The van der Waals surface area contributed by atoms with Gasteiger partial charge in [-0.1, -0.05) is 35.4 Å². The Morgan fingerprint density at radius 2 is 2.05 bits per heavy atom. The average molecular weight is 292 g/mol. The van der Waals surface area contributed by atoms with Gasteiger partial charge in [0.25, 0.3) is 0 Å². The van der Waals surface area contributed by atoms with Crippen LogP contribution in [0, 0.1) is 0 Å². The molecule has 2 nitrogen and oxygen atoms in total. The lowest BCUT2D eigenvalue weighted by molar-refractivity contribution is 0.312. The SMILES string of the molecule is C=CC.N/C=C\C=C1\CCOc2cc(Cl)ccc2CC1. The molecule has 0 atom stereocenters. The summed E-state index contributed by atoms with van der Waals surface area (Å²) in [6.07, 6.45) is 10.2. The second kappa shape index (κ2) is 9.27. The Morgan fingerprint density at radius 1 is 1.30 bits per heavy atom. The summed E-state index contributed by atoms with van der Waals surface area (Å²) < 4.78 is 5.74. The van der Waals surface area contributed by atoms with Gasteiger partial charge in [0.05, 0.1) is 6.61 Å². The number of halogens is 1. The third-order valence-electron chi connectivity index (χ3n) is 2.87. The van der Waals surface area contributed by atoms with Crippen molar-refractivity contribution in [2.75, 3.05) is 6.61 Å². The highest BCUT2D eigenvalue weighted by Gasteiger charge is 2.10. The molecule has 0 saturated carbocycles. The number of nitrogens with two attached hydrogens (primary N) is 1. The summed E-state index contributed by atoms with van der Waals surface area (Å²) in [7, 11) is 0. The number of ether oxygens (including phenoxy) is 1. The van der Waals surface area contributed by atoms with Crippen LogP contribution in [-0.4, -0.2) is 6.61 Å². The van der Waals surface area contributed by atoms with E-state index < -0.39 is 0 Å². The van der Waals surface area contributed by atoms with E-state index in [0.29, 0.717) is 6.61 Å². The van der Waals surface area contributed by atoms with E-state index in [-0.39, 0.29) is 0 Å². The first-order chi connectivity index (χ1) is 9.71. The maximum Gasteiger partial charge on any atom is 0.123 e. The lowest BCUT2D eigenvalue weighted by Crippen LogP contribution is -2.06. The molecule has 0 aliphatic carbocycles. The quantitative estimate of drug-likeness (QED) is 0.765. The molecule has 1 aliphatic heterocycles. The van der Waals surface area contributed by atoms with Crippen LogP contribution < -0.4 is 10.5 Å². The fourth-order valence-electron chi connectivity index (χ4n) is 1.94. The fourth-order valence-corrected chi connectivity index (χ4v) is 2.10. The predicted octanol–water partition coefficient (Wildman–Crippen LogP) is 4.65. The first-order valence-electron chi connectivity index (χ1n) is 6.75. The van der Waals surface area contributed by atoms with Crippen molar-refractivity contribution in [2.24, 2.45) is 5.73 Å². The Hall–Kier alpha value is -1.67. The van der Waals surface area contributed by atoms with Gasteiger partial charge in [-0.3, -0.25) is 0 Å². The van der Waals surface area contributed by atoms with Crippen molar-refractivity contribution in [1.29, 1.82) is 0 Å². The molecule has 0 unspecified atom stereocenters. The number of hydrogen-bond donors (Lipinski definition) is 1. The van der Waals surface area contributed by atoms with E-state index in [2.05, 4.69) is 12.7 Å². The monoisotopic (exact) mass is 291 g/mol. The summed E-state index contributed by atoms with van der Waals surface area (Å²) in [6, 6.07) is 5.85. The third kappa shape index (κ3) is 5.54. The molecular weight excluding hydrogens is 270 g/mol. The second-order valence-electron chi connectivity index (χ2n) is 4.47. The van der Waals surface area contributed by atoms with Gasteiger partial charge in [-0.05, 0) is 49.7 Å². The zero-order chi connectivity index (χ0) is 14.8.